The molecule has 0 unspecified atom stereocenters. The zero-order chi connectivity index (χ0) is 17.1. The predicted molar refractivity (Wildman–Crippen MR) is 92.3 cm³/mol. The smallest absolute Gasteiger partial charge is 0.280 e. The fourth-order valence-corrected chi connectivity index (χ4v) is 2.80. The Morgan fingerprint density at radius 2 is 1.92 bits per heavy atom. The molecule has 0 spiro atoms. The summed E-state index contributed by atoms with van der Waals surface area (Å²) in [6.07, 6.45) is 0. The number of methoxy groups -OCH3 is 1. The molecular formula is C17H22N4O3. The average Bonchev–Trinajstić information content (AvgIpc) is 2.90. The normalized spacial score (nSPS) is 15.6. The molecule has 7 nitrogen and oxygen atoms in total. The Labute approximate surface area is 140 Å². The molecule has 0 radical (unpaired) electrons. The number of hydrogen-bond acceptors (Lipinski definition) is 5. The second-order valence-electron chi connectivity index (χ2n) is 5.70. The van der Waals surface area contributed by atoms with Crippen molar-refractivity contribution in [3.63, 3.8) is 0 Å². The van der Waals surface area contributed by atoms with Gasteiger partial charge in [-0.2, -0.15) is 5.10 Å². The van der Waals surface area contributed by atoms with Gasteiger partial charge in [-0.1, -0.05) is 0 Å². The van der Waals surface area contributed by atoms with Gasteiger partial charge in [0, 0.05) is 5.69 Å². The van der Waals surface area contributed by atoms with Crippen molar-refractivity contribution < 1.29 is 9.47 Å². The van der Waals surface area contributed by atoms with E-state index in [1.165, 1.54) is 4.68 Å². The van der Waals surface area contributed by atoms with Crippen molar-refractivity contribution in [2.24, 2.45) is 5.10 Å². The first kappa shape index (κ1) is 16.3. The molecule has 24 heavy (non-hydrogen) atoms. The van der Waals surface area contributed by atoms with E-state index >= 15 is 0 Å². The Bertz CT molecular complexity index is 783. The topological polar surface area (TPSA) is 71.8 Å². The van der Waals surface area contributed by atoms with Crippen LogP contribution < -0.4 is 10.3 Å². The first-order chi connectivity index (χ1) is 11.6. The van der Waals surface area contributed by atoms with E-state index in [-0.39, 0.29) is 5.56 Å². The summed E-state index contributed by atoms with van der Waals surface area (Å²) >= 11 is 0. The van der Waals surface area contributed by atoms with Crippen LogP contribution in [0.15, 0.2) is 34.2 Å². The number of aromatic nitrogens is 2. The zero-order valence-electron chi connectivity index (χ0n) is 14.2. The summed E-state index contributed by atoms with van der Waals surface area (Å²) in [6, 6.07) is 7.33. The van der Waals surface area contributed by atoms with Gasteiger partial charge < -0.3 is 9.47 Å². The Morgan fingerprint density at radius 1 is 1.25 bits per heavy atom. The lowest BCUT2D eigenvalue weighted by Crippen LogP contribution is -2.33. The highest BCUT2D eigenvalue weighted by Gasteiger charge is 2.17. The van der Waals surface area contributed by atoms with Crippen LogP contribution in [-0.4, -0.2) is 53.9 Å². The van der Waals surface area contributed by atoms with Crippen molar-refractivity contribution in [3.05, 3.63) is 45.9 Å². The van der Waals surface area contributed by atoms with E-state index in [4.69, 9.17) is 9.47 Å². The van der Waals surface area contributed by atoms with Crippen LogP contribution >= 0.6 is 0 Å². The Morgan fingerprint density at radius 3 is 2.54 bits per heavy atom. The number of morpholine rings is 1. The molecule has 0 amide bonds. The van der Waals surface area contributed by atoms with Gasteiger partial charge in [0.15, 0.2) is 0 Å². The van der Waals surface area contributed by atoms with E-state index in [0.29, 0.717) is 24.5 Å². The van der Waals surface area contributed by atoms with Crippen LogP contribution in [0.5, 0.6) is 5.75 Å². The number of nitrogens with zero attached hydrogens (tertiary/aromatic N) is 3. The summed E-state index contributed by atoms with van der Waals surface area (Å²) in [6.45, 7) is 6.57. The average molecular weight is 330 g/mol. The third-order valence-corrected chi connectivity index (χ3v) is 4.04. The van der Waals surface area contributed by atoms with Crippen LogP contribution in [0.2, 0.25) is 0 Å². The van der Waals surface area contributed by atoms with E-state index in [9.17, 15) is 4.79 Å². The molecule has 1 saturated heterocycles. The molecule has 1 N–H and O–H groups in total. The lowest BCUT2D eigenvalue weighted by molar-refractivity contribution is 0.0393. The molecule has 7 heteroatoms. The van der Waals surface area contributed by atoms with Crippen molar-refractivity contribution in [2.75, 3.05) is 33.4 Å². The zero-order valence-corrected chi connectivity index (χ0v) is 14.2. The number of H-pyrrole nitrogens is 1. The number of aromatic amines is 1. The van der Waals surface area contributed by atoms with Gasteiger partial charge in [-0.3, -0.25) is 14.9 Å². The second kappa shape index (κ2) is 6.92. The highest BCUT2D eigenvalue weighted by Crippen LogP contribution is 2.14. The maximum atomic E-state index is 12.8. The number of benzene rings is 1. The van der Waals surface area contributed by atoms with Crippen LogP contribution in [0.1, 0.15) is 18.2 Å². The summed E-state index contributed by atoms with van der Waals surface area (Å²) in [7, 11) is 1.61. The number of aryl methyl sites for hydroxylation is 1. The van der Waals surface area contributed by atoms with Crippen molar-refractivity contribution in [1.29, 1.82) is 0 Å². The van der Waals surface area contributed by atoms with Crippen LogP contribution in [0.4, 0.5) is 0 Å². The van der Waals surface area contributed by atoms with Gasteiger partial charge in [0.1, 0.15) is 5.75 Å². The molecule has 2 heterocycles. The molecule has 1 fully saturated rings. The van der Waals surface area contributed by atoms with E-state index < -0.39 is 0 Å². The van der Waals surface area contributed by atoms with Gasteiger partial charge in [0.2, 0.25) is 0 Å². The molecule has 3 rings (SSSR count). The molecule has 128 valence electrons. The van der Waals surface area contributed by atoms with Gasteiger partial charge in [0.05, 0.1) is 50.4 Å². The van der Waals surface area contributed by atoms with Crippen LogP contribution in [0, 0.1) is 6.92 Å². The maximum Gasteiger partial charge on any atom is 0.280 e. The van der Waals surface area contributed by atoms with E-state index in [2.05, 4.69) is 10.2 Å². The molecule has 0 bridgehead atoms. The number of rotatable bonds is 4. The summed E-state index contributed by atoms with van der Waals surface area (Å²) in [5.41, 5.74) is 2.77. The molecule has 1 aromatic carbocycles. The fourth-order valence-electron chi connectivity index (χ4n) is 2.80. The molecule has 1 aliphatic rings. The van der Waals surface area contributed by atoms with E-state index in [1.807, 2.05) is 43.1 Å². The van der Waals surface area contributed by atoms with E-state index in [1.54, 1.807) is 7.11 Å². The number of nitrogens with one attached hydrogen (secondary N) is 1. The largest absolute Gasteiger partial charge is 0.497 e. The first-order valence-electron chi connectivity index (χ1n) is 7.94. The third-order valence-electron chi connectivity index (χ3n) is 4.04. The lowest BCUT2D eigenvalue weighted by atomic mass is 10.2. The SMILES string of the molecule is COc1ccc(-n2[nH]c(C)c(/C(C)=N/N3CCOCC3)c2=O)cc1. The molecule has 0 saturated carbocycles. The van der Waals surface area contributed by atoms with Gasteiger partial charge >= 0.3 is 0 Å². The summed E-state index contributed by atoms with van der Waals surface area (Å²) in [5.74, 6) is 0.750. The van der Waals surface area contributed by atoms with Gasteiger partial charge in [-0.15, -0.1) is 0 Å². The molecule has 0 atom stereocenters. The Hall–Kier alpha value is -2.54. The van der Waals surface area contributed by atoms with Crippen molar-refractivity contribution >= 4 is 5.71 Å². The number of ether oxygens (including phenoxy) is 2. The lowest BCUT2D eigenvalue weighted by Gasteiger charge is -2.24. The minimum absolute atomic E-state index is 0.104. The third kappa shape index (κ3) is 3.21. The highest BCUT2D eigenvalue weighted by molar-refractivity contribution is 5.99. The van der Waals surface area contributed by atoms with Gasteiger partial charge in [-0.05, 0) is 38.1 Å². The predicted octanol–water partition coefficient (Wildman–Crippen LogP) is 1.54. The van der Waals surface area contributed by atoms with Crippen molar-refractivity contribution in [1.82, 2.24) is 14.8 Å². The second-order valence-corrected chi connectivity index (χ2v) is 5.70. The van der Waals surface area contributed by atoms with Crippen LogP contribution in [0.25, 0.3) is 5.69 Å². The van der Waals surface area contributed by atoms with Crippen molar-refractivity contribution in [2.45, 2.75) is 13.8 Å². The fraction of sp³-hybridized carbons (Fsp3) is 0.412. The molecule has 2 aromatic rings. The Balaban J connectivity index is 1.93. The maximum absolute atomic E-state index is 12.8. The van der Waals surface area contributed by atoms with E-state index in [0.717, 1.165) is 30.2 Å². The van der Waals surface area contributed by atoms with Gasteiger partial charge in [0.25, 0.3) is 5.56 Å². The highest BCUT2D eigenvalue weighted by atomic mass is 16.5. The first-order valence-corrected chi connectivity index (χ1v) is 7.94. The monoisotopic (exact) mass is 330 g/mol. The van der Waals surface area contributed by atoms with Crippen LogP contribution in [-0.2, 0) is 4.74 Å². The van der Waals surface area contributed by atoms with Crippen LogP contribution in [0.3, 0.4) is 0 Å². The minimum Gasteiger partial charge on any atom is -0.497 e. The molecular weight excluding hydrogens is 308 g/mol. The summed E-state index contributed by atoms with van der Waals surface area (Å²) < 4.78 is 12.0. The standard InChI is InChI=1S/C17H22N4O3/c1-12(18-20-8-10-24-11-9-20)16-13(2)19-21(17(16)22)14-4-6-15(23-3)7-5-14/h4-7,19H,8-11H2,1-3H3/b18-12+. The van der Waals surface area contributed by atoms with Gasteiger partial charge in [-0.25, -0.2) is 4.68 Å². The quantitative estimate of drug-likeness (QED) is 0.863. The molecule has 0 aliphatic carbocycles. The number of hydrogen-bond donors (Lipinski definition) is 1. The summed E-state index contributed by atoms with van der Waals surface area (Å²) in [4.78, 5) is 12.8. The minimum atomic E-state index is -0.104. The molecule has 1 aromatic heterocycles. The molecule has 1 aliphatic heterocycles. The summed E-state index contributed by atoms with van der Waals surface area (Å²) in [5, 5.41) is 9.65. The number of hydrazone groups is 1. The Kier molecular flexibility index (Phi) is 4.71. The van der Waals surface area contributed by atoms with Crippen molar-refractivity contribution in [3.8, 4) is 11.4 Å².